The summed E-state index contributed by atoms with van der Waals surface area (Å²) in [5, 5.41) is 3.24. The summed E-state index contributed by atoms with van der Waals surface area (Å²) in [5.41, 5.74) is 3.34. The van der Waals surface area contributed by atoms with Crippen LogP contribution in [-0.4, -0.2) is 6.21 Å². The second-order valence-corrected chi connectivity index (χ2v) is 2.98. The van der Waals surface area contributed by atoms with Gasteiger partial charge in [-0.3, -0.25) is 4.99 Å². The minimum atomic E-state index is 0.956. The summed E-state index contributed by atoms with van der Waals surface area (Å²) in [6, 6.07) is 8.14. The van der Waals surface area contributed by atoms with Crippen molar-refractivity contribution >= 4 is 11.9 Å². The smallest absolute Gasteiger partial charge is 0.0560 e. The topological polar surface area (TPSA) is 24.4 Å². The summed E-state index contributed by atoms with van der Waals surface area (Å²) in [5.74, 6) is 0. The third-order valence-electron chi connectivity index (χ3n) is 2.09. The van der Waals surface area contributed by atoms with Gasteiger partial charge in [0.25, 0.3) is 0 Å². The molecule has 0 saturated carbocycles. The second-order valence-electron chi connectivity index (χ2n) is 2.98. The van der Waals surface area contributed by atoms with Gasteiger partial charge in [0.15, 0.2) is 0 Å². The SMILES string of the molecule is CCC1=CNc2ccccc2C=N1. The van der Waals surface area contributed by atoms with Gasteiger partial charge in [-0.2, -0.15) is 0 Å². The van der Waals surface area contributed by atoms with Crippen molar-refractivity contribution in [2.24, 2.45) is 4.99 Å². The Labute approximate surface area is 78.0 Å². The molecular weight excluding hydrogens is 160 g/mol. The van der Waals surface area contributed by atoms with E-state index in [1.165, 1.54) is 0 Å². The first-order chi connectivity index (χ1) is 6.40. The first-order valence-corrected chi connectivity index (χ1v) is 4.49. The fraction of sp³-hybridized carbons (Fsp3) is 0.182. The van der Waals surface area contributed by atoms with E-state index in [1.807, 2.05) is 24.5 Å². The lowest BCUT2D eigenvalue weighted by molar-refractivity contribution is 1.07. The van der Waals surface area contributed by atoms with Gasteiger partial charge in [-0.25, -0.2) is 0 Å². The molecule has 0 amide bonds. The summed E-state index contributed by atoms with van der Waals surface area (Å²) in [6.07, 6.45) is 4.82. The molecule has 0 aromatic heterocycles. The van der Waals surface area contributed by atoms with Gasteiger partial charge in [-0.15, -0.1) is 0 Å². The number of hydrogen-bond donors (Lipinski definition) is 1. The maximum absolute atomic E-state index is 4.36. The van der Waals surface area contributed by atoms with E-state index < -0.39 is 0 Å². The van der Waals surface area contributed by atoms with E-state index >= 15 is 0 Å². The summed E-state index contributed by atoms with van der Waals surface area (Å²) >= 11 is 0. The van der Waals surface area contributed by atoms with Crippen LogP contribution in [0.4, 0.5) is 5.69 Å². The maximum Gasteiger partial charge on any atom is 0.0560 e. The van der Waals surface area contributed by atoms with Crippen molar-refractivity contribution in [2.45, 2.75) is 13.3 Å². The molecule has 0 radical (unpaired) electrons. The van der Waals surface area contributed by atoms with Crippen LogP contribution < -0.4 is 5.32 Å². The van der Waals surface area contributed by atoms with Crippen molar-refractivity contribution in [3.8, 4) is 0 Å². The summed E-state index contributed by atoms with van der Waals surface area (Å²) < 4.78 is 0. The predicted molar refractivity (Wildman–Crippen MR) is 56.0 cm³/mol. The highest BCUT2D eigenvalue weighted by Crippen LogP contribution is 2.17. The number of nitrogens with one attached hydrogen (secondary N) is 1. The highest BCUT2D eigenvalue weighted by molar-refractivity contribution is 5.89. The Hall–Kier alpha value is -1.57. The normalized spacial score (nSPS) is 14.1. The Kier molecular flexibility index (Phi) is 2.13. The van der Waals surface area contributed by atoms with Crippen molar-refractivity contribution in [3.63, 3.8) is 0 Å². The fourth-order valence-electron chi connectivity index (χ4n) is 1.29. The lowest BCUT2D eigenvalue weighted by Crippen LogP contribution is -1.90. The molecule has 1 aliphatic heterocycles. The van der Waals surface area contributed by atoms with Crippen LogP contribution in [0.15, 0.2) is 41.2 Å². The van der Waals surface area contributed by atoms with Crippen LogP contribution in [0.3, 0.4) is 0 Å². The number of allylic oxidation sites excluding steroid dienone is 1. The molecule has 0 saturated heterocycles. The molecule has 66 valence electrons. The van der Waals surface area contributed by atoms with E-state index in [9.17, 15) is 0 Å². The molecule has 0 bridgehead atoms. The van der Waals surface area contributed by atoms with Gasteiger partial charge in [0.05, 0.1) is 5.70 Å². The van der Waals surface area contributed by atoms with E-state index in [4.69, 9.17) is 0 Å². The quantitative estimate of drug-likeness (QED) is 0.692. The molecule has 1 N–H and O–H groups in total. The van der Waals surface area contributed by atoms with E-state index in [1.54, 1.807) is 0 Å². The molecule has 0 atom stereocenters. The zero-order chi connectivity index (χ0) is 9.10. The van der Waals surface area contributed by atoms with E-state index in [0.717, 1.165) is 23.4 Å². The Morgan fingerprint density at radius 2 is 2.15 bits per heavy atom. The van der Waals surface area contributed by atoms with Crippen LogP contribution in [-0.2, 0) is 0 Å². The first-order valence-electron chi connectivity index (χ1n) is 4.49. The third kappa shape index (κ3) is 1.61. The highest BCUT2D eigenvalue weighted by Gasteiger charge is 2.01. The molecule has 1 heterocycles. The lowest BCUT2D eigenvalue weighted by atomic mass is 10.2. The van der Waals surface area contributed by atoms with Crippen LogP contribution >= 0.6 is 0 Å². The average Bonchev–Trinajstić information content (AvgIpc) is 2.39. The molecule has 1 aliphatic rings. The number of benzene rings is 1. The van der Waals surface area contributed by atoms with Crippen LogP contribution in [0.2, 0.25) is 0 Å². The fourth-order valence-corrected chi connectivity index (χ4v) is 1.29. The van der Waals surface area contributed by atoms with Crippen LogP contribution in [0.1, 0.15) is 18.9 Å². The van der Waals surface area contributed by atoms with Crippen molar-refractivity contribution in [3.05, 3.63) is 41.7 Å². The Morgan fingerprint density at radius 3 is 3.00 bits per heavy atom. The Morgan fingerprint density at radius 1 is 1.31 bits per heavy atom. The standard InChI is InChI=1S/C11H12N2/c1-2-10-8-13-11-6-4-3-5-9(11)7-12-10/h3-8,13H,2H2,1H3. The lowest BCUT2D eigenvalue weighted by Gasteiger charge is -2.01. The van der Waals surface area contributed by atoms with E-state index in [2.05, 4.69) is 29.4 Å². The van der Waals surface area contributed by atoms with E-state index in [0.29, 0.717) is 0 Å². The predicted octanol–water partition coefficient (Wildman–Crippen LogP) is 2.78. The first kappa shape index (κ1) is 8.05. The minimum Gasteiger partial charge on any atom is -0.359 e. The summed E-state index contributed by atoms with van der Waals surface area (Å²) in [7, 11) is 0. The zero-order valence-corrected chi connectivity index (χ0v) is 7.62. The number of aliphatic imine (C=N–C) groups is 1. The highest BCUT2D eigenvalue weighted by atomic mass is 14.9. The number of para-hydroxylation sites is 1. The number of rotatable bonds is 1. The number of hydrogen-bond acceptors (Lipinski definition) is 2. The monoisotopic (exact) mass is 172 g/mol. The van der Waals surface area contributed by atoms with Crippen molar-refractivity contribution in [2.75, 3.05) is 5.32 Å². The summed E-state index contributed by atoms with van der Waals surface area (Å²) in [6.45, 7) is 2.10. The van der Waals surface area contributed by atoms with Crippen molar-refractivity contribution in [1.29, 1.82) is 0 Å². The Balaban J connectivity index is 2.39. The molecule has 1 aromatic carbocycles. The number of nitrogens with zero attached hydrogens (tertiary/aromatic N) is 1. The van der Waals surface area contributed by atoms with Crippen LogP contribution in [0.5, 0.6) is 0 Å². The summed E-state index contributed by atoms with van der Waals surface area (Å²) in [4.78, 5) is 4.36. The zero-order valence-electron chi connectivity index (χ0n) is 7.62. The maximum atomic E-state index is 4.36. The molecule has 0 unspecified atom stereocenters. The van der Waals surface area contributed by atoms with Crippen LogP contribution in [0, 0.1) is 0 Å². The average molecular weight is 172 g/mol. The third-order valence-corrected chi connectivity index (χ3v) is 2.09. The molecule has 13 heavy (non-hydrogen) atoms. The van der Waals surface area contributed by atoms with Gasteiger partial charge in [-0.1, -0.05) is 25.1 Å². The van der Waals surface area contributed by atoms with Crippen LogP contribution in [0.25, 0.3) is 0 Å². The van der Waals surface area contributed by atoms with Gasteiger partial charge < -0.3 is 5.32 Å². The number of fused-ring (bicyclic) bond motifs is 1. The van der Waals surface area contributed by atoms with Gasteiger partial charge >= 0.3 is 0 Å². The number of anilines is 1. The Bertz CT molecular complexity index is 364. The largest absolute Gasteiger partial charge is 0.359 e. The van der Waals surface area contributed by atoms with Gasteiger partial charge in [0, 0.05) is 23.7 Å². The molecule has 0 spiro atoms. The van der Waals surface area contributed by atoms with E-state index in [-0.39, 0.29) is 0 Å². The van der Waals surface area contributed by atoms with Gasteiger partial charge in [0.2, 0.25) is 0 Å². The van der Waals surface area contributed by atoms with Gasteiger partial charge in [-0.05, 0) is 12.5 Å². The minimum absolute atomic E-state index is 0.956. The van der Waals surface area contributed by atoms with Crippen molar-refractivity contribution in [1.82, 2.24) is 0 Å². The molecular formula is C11H12N2. The molecule has 2 nitrogen and oxygen atoms in total. The van der Waals surface area contributed by atoms with Gasteiger partial charge in [0.1, 0.15) is 0 Å². The molecule has 1 aromatic rings. The molecule has 2 heteroatoms. The molecule has 0 aliphatic carbocycles. The molecule has 0 fully saturated rings. The molecule has 2 rings (SSSR count). The van der Waals surface area contributed by atoms with Crippen molar-refractivity contribution < 1.29 is 0 Å². The second kappa shape index (κ2) is 3.44.